The Morgan fingerprint density at radius 3 is 2.14 bits per heavy atom. The first kappa shape index (κ1) is 26.2. The number of unbranched alkanes of at least 4 members (excludes halogenated alkanes) is 5. The zero-order valence-corrected chi connectivity index (χ0v) is 19.9. The van der Waals surface area contributed by atoms with Gasteiger partial charge in [0.25, 0.3) is 9.05 Å². The molecule has 0 aliphatic heterocycles. The van der Waals surface area contributed by atoms with Crippen LogP contribution in [0.1, 0.15) is 102 Å². The number of halogens is 1. The maximum absolute atomic E-state index is 12.1. The summed E-state index contributed by atoms with van der Waals surface area (Å²) in [5.74, 6) is 0.986. The van der Waals surface area contributed by atoms with E-state index < -0.39 is 9.05 Å². The molecule has 0 amide bonds. The van der Waals surface area contributed by atoms with Crippen LogP contribution in [0.2, 0.25) is 0 Å². The van der Waals surface area contributed by atoms with Crippen molar-refractivity contribution in [1.82, 2.24) is 0 Å². The highest BCUT2D eigenvalue weighted by Gasteiger charge is 2.18. The van der Waals surface area contributed by atoms with E-state index in [9.17, 15) is 13.2 Å². The minimum Gasteiger partial charge on any atom is -0.299 e. The van der Waals surface area contributed by atoms with Crippen LogP contribution in [-0.4, -0.2) is 14.2 Å². The zero-order chi connectivity index (χ0) is 21.5. The lowest BCUT2D eigenvalue weighted by molar-refractivity contribution is -0.123. The summed E-state index contributed by atoms with van der Waals surface area (Å²) < 4.78 is 21.4. The van der Waals surface area contributed by atoms with E-state index in [1.807, 2.05) is 6.92 Å². The molecular formula is C24H39ClO3S. The van der Waals surface area contributed by atoms with Crippen LogP contribution in [0, 0.1) is 12.8 Å². The van der Waals surface area contributed by atoms with Gasteiger partial charge in [-0.2, -0.15) is 0 Å². The molecule has 0 aromatic heterocycles. The molecule has 2 rings (SSSR count). The molecule has 0 N–H and O–H groups in total. The third kappa shape index (κ3) is 12.4. The Bertz CT molecular complexity index is 668. The summed E-state index contributed by atoms with van der Waals surface area (Å²) in [6, 6.07) is 6.37. The highest BCUT2D eigenvalue weighted by Crippen LogP contribution is 2.24. The summed E-state index contributed by atoms with van der Waals surface area (Å²) in [7, 11) is 1.54. The number of hydrogen-bond donors (Lipinski definition) is 0. The van der Waals surface area contributed by atoms with E-state index in [0.29, 0.717) is 11.7 Å². The maximum Gasteiger partial charge on any atom is 0.261 e. The molecule has 1 saturated carbocycles. The van der Waals surface area contributed by atoms with E-state index in [2.05, 4.69) is 6.92 Å². The maximum atomic E-state index is 12.1. The first-order chi connectivity index (χ1) is 13.8. The fourth-order valence-electron chi connectivity index (χ4n) is 3.76. The fraction of sp³-hybridized carbons (Fsp3) is 0.708. The number of hydrogen-bond acceptors (Lipinski definition) is 3. The molecule has 3 nitrogen and oxygen atoms in total. The zero-order valence-electron chi connectivity index (χ0n) is 18.3. The molecule has 1 atom stereocenters. The summed E-state index contributed by atoms with van der Waals surface area (Å²) in [6.07, 6.45) is 17.7. The van der Waals surface area contributed by atoms with E-state index in [-0.39, 0.29) is 4.90 Å². The van der Waals surface area contributed by atoms with Crippen LogP contribution < -0.4 is 0 Å². The lowest BCUT2D eigenvalue weighted by Crippen LogP contribution is -2.14. The summed E-state index contributed by atoms with van der Waals surface area (Å²) in [6.45, 7) is 4.14. The average Bonchev–Trinajstić information content (AvgIpc) is 2.77. The monoisotopic (exact) mass is 442 g/mol. The quantitative estimate of drug-likeness (QED) is 0.307. The SMILES string of the molecule is CCCCCCCCC1CCCCCCCC1=O.Cc1ccc(S(=O)(=O)Cl)cc1. The van der Waals surface area contributed by atoms with E-state index in [1.165, 1.54) is 89.2 Å². The van der Waals surface area contributed by atoms with Crippen molar-refractivity contribution in [2.45, 2.75) is 109 Å². The second kappa shape index (κ2) is 15.0. The second-order valence-electron chi connectivity index (χ2n) is 8.28. The Kier molecular flexibility index (Phi) is 13.5. The summed E-state index contributed by atoms with van der Waals surface area (Å²) in [5.41, 5.74) is 1.01. The largest absolute Gasteiger partial charge is 0.299 e. The third-order valence-electron chi connectivity index (χ3n) is 5.64. The predicted molar refractivity (Wildman–Crippen MR) is 123 cm³/mol. The van der Waals surface area contributed by atoms with Crippen molar-refractivity contribution in [1.29, 1.82) is 0 Å². The average molecular weight is 443 g/mol. The molecule has 1 fully saturated rings. The van der Waals surface area contributed by atoms with Crippen LogP contribution in [0.15, 0.2) is 29.2 Å². The van der Waals surface area contributed by atoms with Crippen LogP contribution >= 0.6 is 10.7 Å². The smallest absolute Gasteiger partial charge is 0.261 e. The second-order valence-corrected chi connectivity index (χ2v) is 10.8. The van der Waals surface area contributed by atoms with Crippen molar-refractivity contribution < 1.29 is 13.2 Å². The number of ketones is 1. The molecule has 1 aliphatic carbocycles. The Hall–Kier alpha value is -0.870. The summed E-state index contributed by atoms with van der Waals surface area (Å²) in [5, 5.41) is 0. The molecule has 166 valence electrons. The van der Waals surface area contributed by atoms with Crippen LogP contribution in [0.25, 0.3) is 0 Å². The highest BCUT2D eigenvalue weighted by atomic mass is 35.7. The van der Waals surface area contributed by atoms with Crippen LogP contribution in [0.5, 0.6) is 0 Å². The van der Waals surface area contributed by atoms with Gasteiger partial charge in [0, 0.05) is 23.0 Å². The lowest BCUT2D eigenvalue weighted by atomic mass is 9.90. The van der Waals surface area contributed by atoms with Gasteiger partial charge in [-0.05, 0) is 38.3 Å². The van der Waals surface area contributed by atoms with Crippen molar-refractivity contribution in [3.8, 4) is 0 Å². The van der Waals surface area contributed by atoms with E-state index in [4.69, 9.17) is 10.7 Å². The minimum atomic E-state index is -3.55. The van der Waals surface area contributed by atoms with Gasteiger partial charge >= 0.3 is 0 Å². The minimum absolute atomic E-state index is 0.143. The van der Waals surface area contributed by atoms with E-state index in [0.717, 1.165) is 18.4 Å². The van der Waals surface area contributed by atoms with Gasteiger partial charge in [0.05, 0.1) is 4.90 Å². The number of carbonyl (C=O) groups excluding carboxylic acids is 1. The van der Waals surface area contributed by atoms with E-state index in [1.54, 1.807) is 12.1 Å². The Labute approximate surface area is 183 Å². The van der Waals surface area contributed by atoms with Crippen LogP contribution in [0.4, 0.5) is 0 Å². The van der Waals surface area contributed by atoms with Gasteiger partial charge in [0.2, 0.25) is 0 Å². The molecule has 29 heavy (non-hydrogen) atoms. The summed E-state index contributed by atoms with van der Waals surface area (Å²) >= 11 is 0. The van der Waals surface area contributed by atoms with Crippen molar-refractivity contribution in [2.24, 2.45) is 5.92 Å². The molecule has 1 aromatic carbocycles. The van der Waals surface area contributed by atoms with E-state index >= 15 is 0 Å². The van der Waals surface area contributed by atoms with Gasteiger partial charge in [-0.3, -0.25) is 4.79 Å². The molecule has 1 aromatic rings. The highest BCUT2D eigenvalue weighted by molar-refractivity contribution is 8.13. The number of rotatable bonds is 8. The Morgan fingerprint density at radius 2 is 1.48 bits per heavy atom. The van der Waals surface area contributed by atoms with Crippen molar-refractivity contribution in [3.63, 3.8) is 0 Å². The van der Waals surface area contributed by atoms with Gasteiger partial charge in [-0.1, -0.05) is 88.8 Å². The number of benzene rings is 1. The first-order valence-electron chi connectivity index (χ1n) is 11.4. The van der Waals surface area contributed by atoms with Crippen LogP contribution in [-0.2, 0) is 13.8 Å². The van der Waals surface area contributed by atoms with Crippen molar-refractivity contribution >= 4 is 25.5 Å². The normalized spacial score (nSPS) is 18.2. The molecule has 1 unspecified atom stereocenters. The fourth-order valence-corrected chi connectivity index (χ4v) is 4.53. The van der Waals surface area contributed by atoms with Crippen LogP contribution in [0.3, 0.4) is 0 Å². The number of aryl methyl sites for hydroxylation is 1. The summed E-state index contributed by atoms with van der Waals surface area (Å²) in [4.78, 5) is 12.2. The first-order valence-corrected chi connectivity index (χ1v) is 13.7. The Morgan fingerprint density at radius 1 is 0.897 bits per heavy atom. The lowest BCUT2D eigenvalue weighted by Gasteiger charge is -2.14. The van der Waals surface area contributed by atoms with Crippen molar-refractivity contribution in [2.75, 3.05) is 0 Å². The van der Waals surface area contributed by atoms with Gasteiger partial charge in [0.15, 0.2) is 0 Å². The molecule has 0 radical (unpaired) electrons. The molecule has 1 aliphatic rings. The molecule has 5 heteroatoms. The Balaban J connectivity index is 0.000000326. The molecule has 0 bridgehead atoms. The topological polar surface area (TPSA) is 51.2 Å². The van der Waals surface area contributed by atoms with Gasteiger partial charge in [-0.15, -0.1) is 0 Å². The molecule has 0 saturated heterocycles. The molecule has 0 spiro atoms. The standard InChI is InChI=1S/C17H32O.C7H7ClO2S/c1-2-3-4-5-7-10-13-16-14-11-8-6-9-12-15-17(16)18;1-6-2-4-7(5-3-6)11(8,9)10/h16H,2-15H2,1H3;2-5H,1H3. The number of carbonyl (C=O) groups is 1. The van der Waals surface area contributed by atoms with Crippen molar-refractivity contribution in [3.05, 3.63) is 29.8 Å². The molecular weight excluding hydrogens is 404 g/mol. The van der Waals surface area contributed by atoms with Gasteiger partial charge < -0.3 is 0 Å². The number of Topliss-reactive ketones (excluding diaryl/α,β-unsaturated/α-hetero) is 1. The van der Waals surface area contributed by atoms with Gasteiger partial charge in [0.1, 0.15) is 5.78 Å². The van der Waals surface area contributed by atoms with Gasteiger partial charge in [-0.25, -0.2) is 8.42 Å². The predicted octanol–water partition coefficient (Wildman–Crippen LogP) is 7.59. The third-order valence-corrected chi connectivity index (χ3v) is 7.01. The molecule has 0 heterocycles.